The van der Waals surface area contributed by atoms with Crippen molar-refractivity contribution in [2.24, 2.45) is 0 Å². The Morgan fingerprint density at radius 3 is 2.47 bits per heavy atom. The molecule has 0 saturated carbocycles. The minimum Gasteiger partial charge on any atom is -0.339 e. The summed E-state index contributed by atoms with van der Waals surface area (Å²) in [6.07, 6.45) is 3.56. The molecule has 0 radical (unpaired) electrons. The van der Waals surface area contributed by atoms with E-state index in [9.17, 15) is 4.79 Å². The van der Waals surface area contributed by atoms with Gasteiger partial charge in [0.1, 0.15) is 0 Å². The van der Waals surface area contributed by atoms with E-state index in [-0.39, 0.29) is 5.91 Å². The van der Waals surface area contributed by atoms with Crippen LogP contribution in [0.25, 0.3) is 0 Å². The lowest BCUT2D eigenvalue weighted by Crippen LogP contribution is -2.35. The molecule has 1 aromatic carbocycles. The van der Waals surface area contributed by atoms with Gasteiger partial charge in [0.05, 0.1) is 5.56 Å². The third-order valence-corrected chi connectivity index (χ3v) is 3.69. The Morgan fingerprint density at radius 1 is 1.13 bits per heavy atom. The number of benzene rings is 1. The van der Waals surface area contributed by atoms with Crippen LogP contribution in [0, 0.1) is 3.57 Å². The third-order valence-electron chi connectivity index (χ3n) is 2.75. The van der Waals surface area contributed by atoms with Gasteiger partial charge in [-0.05, 0) is 54.0 Å². The molecule has 80 valence electrons. The molecule has 1 aliphatic heterocycles. The van der Waals surface area contributed by atoms with Crippen LogP contribution in [-0.4, -0.2) is 23.9 Å². The molecule has 1 aromatic rings. The average molecular weight is 315 g/mol. The maximum atomic E-state index is 12.1. The van der Waals surface area contributed by atoms with Crippen LogP contribution in [0.1, 0.15) is 29.6 Å². The summed E-state index contributed by atoms with van der Waals surface area (Å²) >= 11 is 2.22. The van der Waals surface area contributed by atoms with Gasteiger partial charge in [0.2, 0.25) is 0 Å². The Morgan fingerprint density at radius 2 is 1.80 bits per heavy atom. The summed E-state index contributed by atoms with van der Waals surface area (Å²) in [5, 5.41) is 0. The highest BCUT2D eigenvalue weighted by Gasteiger charge is 2.19. The van der Waals surface area contributed by atoms with Gasteiger partial charge >= 0.3 is 0 Å². The van der Waals surface area contributed by atoms with Crippen LogP contribution in [-0.2, 0) is 0 Å². The van der Waals surface area contributed by atoms with Crippen LogP contribution in [0.2, 0.25) is 0 Å². The maximum Gasteiger partial charge on any atom is 0.254 e. The fraction of sp³-hybridized carbons (Fsp3) is 0.417. The number of halogens is 1. The SMILES string of the molecule is O=C(c1ccccc1I)N1CCCCC1. The van der Waals surface area contributed by atoms with Gasteiger partial charge in [-0.2, -0.15) is 0 Å². The van der Waals surface area contributed by atoms with Crippen LogP contribution in [0.4, 0.5) is 0 Å². The summed E-state index contributed by atoms with van der Waals surface area (Å²) < 4.78 is 1.05. The first kappa shape index (κ1) is 10.9. The monoisotopic (exact) mass is 315 g/mol. The van der Waals surface area contributed by atoms with Crippen molar-refractivity contribution in [1.29, 1.82) is 0 Å². The maximum absolute atomic E-state index is 12.1. The first-order chi connectivity index (χ1) is 7.29. The molecule has 0 aromatic heterocycles. The predicted molar refractivity (Wildman–Crippen MR) is 68.9 cm³/mol. The average Bonchev–Trinajstić information content (AvgIpc) is 2.30. The summed E-state index contributed by atoms with van der Waals surface area (Å²) in [6, 6.07) is 7.80. The smallest absolute Gasteiger partial charge is 0.254 e. The predicted octanol–water partition coefficient (Wildman–Crippen LogP) is 2.92. The summed E-state index contributed by atoms with van der Waals surface area (Å²) in [5.41, 5.74) is 0.847. The van der Waals surface area contributed by atoms with E-state index in [1.807, 2.05) is 29.2 Å². The van der Waals surface area contributed by atoms with Crippen molar-refractivity contribution in [2.75, 3.05) is 13.1 Å². The zero-order chi connectivity index (χ0) is 10.7. The minimum atomic E-state index is 0.194. The molecular weight excluding hydrogens is 301 g/mol. The summed E-state index contributed by atoms with van der Waals surface area (Å²) in [7, 11) is 0. The van der Waals surface area contributed by atoms with Crippen molar-refractivity contribution < 1.29 is 4.79 Å². The number of hydrogen-bond acceptors (Lipinski definition) is 1. The number of carbonyl (C=O) groups excluding carboxylic acids is 1. The Hall–Kier alpha value is -0.580. The highest BCUT2D eigenvalue weighted by Crippen LogP contribution is 2.17. The molecule has 0 bridgehead atoms. The van der Waals surface area contributed by atoms with Gasteiger partial charge in [0, 0.05) is 16.7 Å². The number of rotatable bonds is 1. The highest BCUT2D eigenvalue weighted by atomic mass is 127. The van der Waals surface area contributed by atoms with Crippen LogP contribution >= 0.6 is 22.6 Å². The molecular formula is C12H14INO. The van der Waals surface area contributed by atoms with Crippen molar-refractivity contribution in [2.45, 2.75) is 19.3 Å². The van der Waals surface area contributed by atoms with Crippen molar-refractivity contribution in [3.63, 3.8) is 0 Å². The van der Waals surface area contributed by atoms with Gasteiger partial charge in [-0.3, -0.25) is 4.79 Å². The summed E-state index contributed by atoms with van der Waals surface area (Å²) in [6.45, 7) is 1.84. The quantitative estimate of drug-likeness (QED) is 0.730. The second kappa shape index (κ2) is 4.96. The first-order valence-electron chi connectivity index (χ1n) is 5.33. The lowest BCUT2D eigenvalue weighted by atomic mass is 10.1. The second-order valence-electron chi connectivity index (χ2n) is 3.83. The molecule has 1 amide bonds. The van der Waals surface area contributed by atoms with Crippen molar-refractivity contribution in [3.05, 3.63) is 33.4 Å². The van der Waals surface area contributed by atoms with Gasteiger partial charge in [0.25, 0.3) is 5.91 Å². The zero-order valence-corrected chi connectivity index (χ0v) is 10.7. The highest BCUT2D eigenvalue weighted by molar-refractivity contribution is 14.1. The van der Waals surface area contributed by atoms with Crippen LogP contribution in [0.3, 0.4) is 0 Å². The number of nitrogens with zero attached hydrogens (tertiary/aromatic N) is 1. The molecule has 1 aliphatic rings. The second-order valence-corrected chi connectivity index (χ2v) is 4.99. The van der Waals surface area contributed by atoms with E-state index in [0.29, 0.717) is 0 Å². The molecule has 2 nitrogen and oxygen atoms in total. The van der Waals surface area contributed by atoms with Gasteiger partial charge < -0.3 is 4.90 Å². The topological polar surface area (TPSA) is 20.3 Å². The largest absolute Gasteiger partial charge is 0.339 e. The van der Waals surface area contributed by atoms with E-state index in [0.717, 1.165) is 35.1 Å². The number of piperidine rings is 1. The van der Waals surface area contributed by atoms with E-state index in [1.54, 1.807) is 0 Å². The van der Waals surface area contributed by atoms with Crippen molar-refractivity contribution in [1.82, 2.24) is 4.90 Å². The molecule has 0 spiro atoms. The zero-order valence-electron chi connectivity index (χ0n) is 8.58. The Bertz CT molecular complexity index is 358. The van der Waals surface area contributed by atoms with Gasteiger partial charge in [-0.15, -0.1) is 0 Å². The molecule has 0 aliphatic carbocycles. The van der Waals surface area contributed by atoms with Gasteiger partial charge in [-0.25, -0.2) is 0 Å². The van der Waals surface area contributed by atoms with E-state index in [4.69, 9.17) is 0 Å². The molecule has 0 N–H and O–H groups in total. The molecule has 0 unspecified atom stereocenters. The Kier molecular flexibility index (Phi) is 3.61. The molecule has 0 atom stereocenters. The Balaban J connectivity index is 2.16. The third kappa shape index (κ3) is 2.51. The Labute approximate surface area is 104 Å². The van der Waals surface area contributed by atoms with Crippen molar-refractivity contribution >= 4 is 28.5 Å². The van der Waals surface area contributed by atoms with Gasteiger partial charge in [0.15, 0.2) is 0 Å². The molecule has 1 saturated heterocycles. The molecule has 3 heteroatoms. The van der Waals surface area contributed by atoms with Crippen LogP contribution in [0.5, 0.6) is 0 Å². The fourth-order valence-corrected chi connectivity index (χ4v) is 2.52. The first-order valence-corrected chi connectivity index (χ1v) is 6.41. The number of carbonyl (C=O) groups is 1. The minimum absolute atomic E-state index is 0.194. The molecule has 15 heavy (non-hydrogen) atoms. The standard InChI is InChI=1S/C12H14INO/c13-11-7-3-2-6-10(11)12(15)14-8-4-1-5-9-14/h2-3,6-7H,1,4-5,8-9H2. The van der Waals surface area contributed by atoms with E-state index >= 15 is 0 Å². The van der Waals surface area contributed by atoms with E-state index in [2.05, 4.69) is 22.6 Å². The lowest BCUT2D eigenvalue weighted by molar-refractivity contribution is 0.0723. The molecule has 1 fully saturated rings. The van der Waals surface area contributed by atoms with Crippen molar-refractivity contribution in [3.8, 4) is 0 Å². The lowest BCUT2D eigenvalue weighted by Gasteiger charge is -2.27. The normalized spacial score (nSPS) is 16.5. The number of hydrogen-bond donors (Lipinski definition) is 0. The number of likely N-dealkylation sites (tertiary alicyclic amines) is 1. The molecule has 1 heterocycles. The van der Waals surface area contributed by atoms with Crippen LogP contribution < -0.4 is 0 Å². The van der Waals surface area contributed by atoms with E-state index in [1.165, 1.54) is 6.42 Å². The van der Waals surface area contributed by atoms with Gasteiger partial charge in [-0.1, -0.05) is 12.1 Å². The van der Waals surface area contributed by atoms with E-state index < -0.39 is 0 Å². The molecule has 2 rings (SSSR count). The summed E-state index contributed by atoms with van der Waals surface area (Å²) in [4.78, 5) is 14.1. The van der Waals surface area contributed by atoms with Crippen LogP contribution in [0.15, 0.2) is 24.3 Å². The summed E-state index contributed by atoms with van der Waals surface area (Å²) in [5.74, 6) is 0.194. The number of amides is 1. The fourth-order valence-electron chi connectivity index (χ4n) is 1.90.